The fraction of sp³-hybridized carbons (Fsp3) is 0.750. The van der Waals surface area contributed by atoms with Crippen molar-refractivity contribution in [3.8, 4) is 0 Å². The van der Waals surface area contributed by atoms with Gasteiger partial charge in [0, 0.05) is 6.42 Å². The Labute approximate surface area is 76.8 Å². The zero-order valence-corrected chi connectivity index (χ0v) is 7.85. The molecule has 0 saturated carbocycles. The number of hydrazine groups is 1. The molecule has 2 N–H and O–H groups in total. The summed E-state index contributed by atoms with van der Waals surface area (Å²) in [6.45, 7) is 4.35. The van der Waals surface area contributed by atoms with Gasteiger partial charge in [0.05, 0.1) is 18.6 Å². The van der Waals surface area contributed by atoms with Gasteiger partial charge in [-0.15, -0.1) is 0 Å². The van der Waals surface area contributed by atoms with Crippen LogP contribution in [0.5, 0.6) is 0 Å². The lowest BCUT2D eigenvalue weighted by molar-refractivity contribution is -0.159. The van der Waals surface area contributed by atoms with Crippen molar-refractivity contribution in [2.24, 2.45) is 5.41 Å². The van der Waals surface area contributed by atoms with Crippen LogP contribution in [-0.2, 0) is 14.3 Å². The van der Waals surface area contributed by atoms with Crippen LogP contribution in [0.4, 0.5) is 0 Å². The van der Waals surface area contributed by atoms with E-state index in [2.05, 4.69) is 10.9 Å². The minimum Gasteiger partial charge on any atom is -0.379 e. The number of carbonyl (C=O) groups excluding carboxylic acids is 2. The zero-order chi connectivity index (χ0) is 9.90. The molecule has 74 valence electrons. The highest BCUT2D eigenvalue weighted by Crippen LogP contribution is 2.25. The minimum absolute atomic E-state index is 0.194. The maximum Gasteiger partial charge on any atom is 0.248 e. The molecule has 1 fully saturated rings. The second-order valence-corrected chi connectivity index (χ2v) is 3.41. The number of ether oxygens (including phenoxy) is 1. The Morgan fingerprint density at radius 1 is 1.38 bits per heavy atom. The second kappa shape index (κ2) is 3.74. The first-order chi connectivity index (χ1) is 6.08. The number of nitrogens with one attached hydrogen (secondary N) is 2. The molecule has 13 heavy (non-hydrogen) atoms. The smallest absolute Gasteiger partial charge is 0.248 e. The number of hydrogen-bond donors (Lipinski definition) is 2. The first-order valence-corrected chi connectivity index (χ1v) is 4.25. The van der Waals surface area contributed by atoms with Gasteiger partial charge in [0.2, 0.25) is 11.8 Å². The molecule has 0 atom stereocenters. The van der Waals surface area contributed by atoms with Crippen molar-refractivity contribution in [1.29, 1.82) is 0 Å². The fourth-order valence-corrected chi connectivity index (χ4v) is 0.905. The van der Waals surface area contributed by atoms with E-state index in [0.717, 1.165) is 0 Å². The van der Waals surface area contributed by atoms with Gasteiger partial charge in [0.1, 0.15) is 0 Å². The summed E-state index contributed by atoms with van der Waals surface area (Å²) in [5, 5.41) is 0. The van der Waals surface area contributed by atoms with E-state index in [-0.39, 0.29) is 11.8 Å². The van der Waals surface area contributed by atoms with Crippen LogP contribution in [0.15, 0.2) is 0 Å². The van der Waals surface area contributed by atoms with E-state index in [0.29, 0.717) is 19.6 Å². The first-order valence-electron chi connectivity index (χ1n) is 4.25. The average molecular weight is 186 g/mol. The highest BCUT2D eigenvalue weighted by molar-refractivity contribution is 5.86. The third-order valence-electron chi connectivity index (χ3n) is 2.03. The van der Waals surface area contributed by atoms with E-state index in [1.54, 1.807) is 13.8 Å². The molecule has 5 heteroatoms. The Kier molecular flexibility index (Phi) is 2.87. The summed E-state index contributed by atoms with van der Waals surface area (Å²) in [4.78, 5) is 22.2. The van der Waals surface area contributed by atoms with Crippen LogP contribution < -0.4 is 10.9 Å². The van der Waals surface area contributed by atoms with E-state index in [4.69, 9.17) is 4.74 Å². The molecule has 0 bridgehead atoms. The zero-order valence-electron chi connectivity index (χ0n) is 7.85. The predicted octanol–water partition coefficient (Wildman–Crippen LogP) is -0.420. The summed E-state index contributed by atoms with van der Waals surface area (Å²) in [5.74, 6) is -0.391. The van der Waals surface area contributed by atoms with Crippen LogP contribution in [0.3, 0.4) is 0 Å². The maximum atomic E-state index is 11.4. The van der Waals surface area contributed by atoms with Gasteiger partial charge >= 0.3 is 0 Å². The molecule has 5 nitrogen and oxygen atoms in total. The van der Waals surface area contributed by atoms with Crippen LogP contribution in [0.1, 0.15) is 20.3 Å². The quantitative estimate of drug-likeness (QED) is 0.575. The number of hydrogen-bond acceptors (Lipinski definition) is 3. The Bertz CT molecular complexity index is 223. The van der Waals surface area contributed by atoms with Gasteiger partial charge in [0.15, 0.2) is 0 Å². The van der Waals surface area contributed by atoms with Gasteiger partial charge in [-0.25, -0.2) is 0 Å². The van der Waals surface area contributed by atoms with Gasteiger partial charge in [-0.1, -0.05) is 6.92 Å². The van der Waals surface area contributed by atoms with Gasteiger partial charge < -0.3 is 4.74 Å². The third-order valence-corrected chi connectivity index (χ3v) is 2.03. The summed E-state index contributed by atoms with van der Waals surface area (Å²) in [6, 6.07) is 0. The first kappa shape index (κ1) is 9.98. The summed E-state index contributed by atoms with van der Waals surface area (Å²) >= 11 is 0. The van der Waals surface area contributed by atoms with Crippen LogP contribution in [-0.4, -0.2) is 25.0 Å². The average Bonchev–Trinajstić information content (AvgIpc) is 2.09. The summed E-state index contributed by atoms with van der Waals surface area (Å²) < 4.78 is 4.92. The van der Waals surface area contributed by atoms with Crippen molar-refractivity contribution in [1.82, 2.24) is 10.9 Å². The SMILES string of the molecule is CCC(=O)NNC(=O)C1(C)COC1. The summed E-state index contributed by atoms with van der Waals surface area (Å²) in [6.07, 6.45) is 0.355. The molecule has 0 aromatic heterocycles. The topological polar surface area (TPSA) is 67.4 Å². The van der Waals surface area contributed by atoms with Crippen LogP contribution >= 0.6 is 0 Å². The second-order valence-electron chi connectivity index (χ2n) is 3.41. The molecular weight excluding hydrogens is 172 g/mol. The van der Waals surface area contributed by atoms with Crippen molar-refractivity contribution in [3.05, 3.63) is 0 Å². The molecule has 1 heterocycles. The molecule has 0 unspecified atom stereocenters. The van der Waals surface area contributed by atoms with Crippen molar-refractivity contribution < 1.29 is 14.3 Å². The van der Waals surface area contributed by atoms with E-state index < -0.39 is 5.41 Å². The van der Waals surface area contributed by atoms with Gasteiger partial charge in [-0.3, -0.25) is 20.4 Å². The number of carbonyl (C=O) groups is 2. The maximum absolute atomic E-state index is 11.4. The van der Waals surface area contributed by atoms with E-state index >= 15 is 0 Å². The molecule has 1 saturated heterocycles. The molecule has 0 spiro atoms. The standard InChI is InChI=1S/C8H14N2O3/c1-3-6(11)9-10-7(12)8(2)4-13-5-8/h3-5H2,1-2H3,(H,9,11)(H,10,12). The molecule has 0 radical (unpaired) electrons. The molecule has 0 aliphatic carbocycles. The van der Waals surface area contributed by atoms with Crippen LogP contribution in [0, 0.1) is 5.41 Å². The van der Waals surface area contributed by atoms with E-state index in [9.17, 15) is 9.59 Å². The van der Waals surface area contributed by atoms with Crippen molar-refractivity contribution >= 4 is 11.8 Å². The normalized spacial score (nSPS) is 18.6. The van der Waals surface area contributed by atoms with Crippen molar-refractivity contribution in [2.75, 3.05) is 13.2 Å². The fourth-order valence-electron chi connectivity index (χ4n) is 0.905. The van der Waals surface area contributed by atoms with Crippen LogP contribution in [0.2, 0.25) is 0 Å². The monoisotopic (exact) mass is 186 g/mol. The summed E-state index contributed by atoms with van der Waals surface area (Å²) in [5.41, 5.74) is 4.20. The molecule has 1 rings (SSSR count). The Balaban J connectivity index is 2.29. The highest BCUT2D eigenvalue weighted by Gasteiger charge is 2.41. The number of rotatable bonds is 2. The van der Waals surface area contributed by atoms with Crippen molar-refractivity contribution in [3.63, 3.8) is 0 Å². The lowest BCUT2D eigenvalue weighted by atomic mass is 9.88. The third kappa shape index (κ3) is 2.18. The van der Waals surface area contributed by atoms with Gasteiger partial charge in [-0.2, -0.15) is 0 Å². The number of amides is 2. The Hall–Kier alpha value is -1.10. The van der Waals surface area contributed by atoms with Gasteiger partial charge in [0.25, 0.3) is 0 Å². The molecule has 2 amide bonds. The highest BCUT2D eigenvalue weighted by atomic mass is 16.5. The Morgan fingerprint density at radius 3 is 2.38 bits per heavy atom. The molecule has 0 aromatic rings. The lowest BCUT2D eigenvalue weighted by Gasteiger charge is -2.36. The predicted molar refractivity (Wildman–Crippen MR) is 45.5 cm³/mol. The lowest BCUT2D eigenvalue weighted by Crippen LogP contribution is -2.56. The molecule has 1 aliphatic rings. The van der Waals surface area contributed by atoms with E-state index in [1.807, 2.05) is 0 Å². The minimum atomic E-state index is -0.471. The molecule has 1 aliphatic heterocycles. The molecule has 0 aromatic carbocycles. The van der Waals surface area contributed by atoms with E-state index in [1.165, 1.54) is 0 Å². The summed E-state index contributed by atoms with van der Waals surface area (Å²) in [7, 11) is 0. The van der Waals surface area contributed by atoms with Crippen molar-refractivity contribution in [2.45, 2.75) is 20.3 Å². The largest absolute Gasteiger partial charge is 0.379 e. The van der Waals surface area contributed by atoms with Crippen LogP contribution in [0.25, 0.3) is 0 Å². The van der Waals surface area contributed by atoms with Gasteiger partial charge in [-0.05, 0) is 6.92 Å². The molecular formula is C8H14N2O3. The Morgan fingerprint density at radius 2 is 2.00 bits per heavy atom.